The zero-order chi connectivity index (χ0) is 14.0. The third-order valence-electron chi connectivity index (χ3n) is 3.53. The standard InChI is InChI=1S/C15H20N2O2/c1-15(2,19-4)10-9-13(18)14-11-7-5-6-8-12(11)17(3)16-14/h5-8H,9-10H2,1-4H3. The van der Waals surface area contributed by atoms with E-state index in [4.69, 9.17) is 4.74 Å². The van der Waals surface area contributed by atoms with Crippen molar-refractivity contribution < 1.29 is 9.53 Å². The van der Waals surface area contributed by atoms with Gasteiger partial charge in [-0.1, -0.05) is 18.2 Å². The highest BCUT2D eigenvalue weighted by Gasteiger charge is 2.21. The van der Waals surface area contributed by atoms with Crippen LogP contribution in [0.2, 0.25) is 0 Å². The van der Waals surface area contributed by atoms with Crippen molar-refractivity contribution in [2.75, 3.05) is 7.11 Å². The molecule has 0 spiro atoms. The lowest BCUT2D eigenvalue weighted by Crippen LogP contribution is -2.23. The zero-order valence-electron chi connectivity index (χ0n) is 11.9. The van der Waals surface area contributed by atoms with Crippen LogP contribution < -0.4 is 0 Å². The molecule has 4 heteroatoms. The molecule has 0 bridgehead atoms. The van der Waals surface area contributed by atoms with Crippen LogP contribution in [0.25, 0.3) is 10.9 Å². The number of para-hydroxylation sites is 1. The molecule has 0 N–H and O–H groups in total. The topological polar surface area (TPSA) is 44.1 Å². The second-order valence-electron chi connectivity index (χ2n) is 5.38. The lowest BCUT2D eigenvalue weighted by Gasteiger charge is -2.21. The summed E-state index contributed by atoms with van der Waals surface area (Å²) in [6.07, 6.45) is 1.13. The Morgan fingerprint density at radius 1 is 1.37 bits per heavy atom. The minimum Gasteiger partial charge on any atom is -0.379 e. The second-order valence-corrected chi connectivity index (χ2v) is 5.38. The summed E-state index contributed by atoms with van der Waals surface area (Å²) >= 11 is 0. The van der Waals surface area contributed by atoms with E-state index in [1.54, 1.807) is 11.8 Å². The third-order valence-corrected chi connectivity index (χ3v) is 3.53. The average molecular weight is 260 g/mol. The van der Waals surface area contributed by atoms with E-state index in [0.29, 0.717) is 18.5 Å². The fourth-order valence-corrected chi connectivity index (χ4v) is 2.05. The predicted molar refractivity (Wildman–Crippen MR) is 75.4 cm³/mol. The third kappa shape index (κ3) is 2.84. The molecule has 0 saturated heterocycles. The highest BCUT2D eigenvalue weighted by molar-refractivity contribution is 6.05. The van der Waals surface area contributed by atoms with Crippen molar-refractivity contribution >= 4 is 16.7 Å². The molecule has 0 atom stereocenters. The Labute approximate surface area is 113 Å². The van der Waals surface area contributed by atoms with Crippen molar-refractivity contribution in [2.24, 2.45) is 7.05 Å². The number of methoxy groups -OCH3 is 1. The minimum absolute atomic E-state index is 0.0712. The van der Waals surface area contributed by atoms with Crippen LogP contribution in [0.4, 0.5) is 0 Å². The number of ether oxygens (including phenoxy) is 1. The molecular formula is C15H20N2O2. The molecular weight excluding hydrogens is 240 g/mol. The first-order valence-corrected chi connectivity index (χ1v) is 6.45. The number of fused-ring (bicyclic) bond motifs is 1. The van der Waals surface area contributed by atoms with Crippen LogP contribution in [0.15, 0.2) is 24.3 Å². The van der Waals surface area contributed by atoms with Gasteiger partial charge in [-0.15, -0.1) is 0 Å². The normalized spacial score (nSPS) is 12.0. The van der Waals surface area contributed by atoms with Crippen LogP contribution in [0, 0.1) is 0 Å². The molecule has 2 rings (SSSR count). The maximum absolute atomic E-state index is 12.3. The quantitative estimate of drug-likeness (QED) is 0.776. The molecule has 1 heterocycles. The number of aromatic nitrogens is 2. The summed E-state index contributed by atoms with van der Waals surface area (Å²) in [5, 5.41) is 5.26. The summed E-state index contributed by atoms with van der Waals surface area (Å²) in [5.74, 6) is 0.0712. The molecule has 0 fully saturated rings. The highest BCUT2D eigenvalue weighted by Crippen LogP contribution is 2.22. The fourth-order valence-electron chi connectivity index (χ4n) is 2.05. The van der Waals surface area contributed by atoms with Gasteiger partial charge in [-0.05, 0) is 26.3 Å². The number of ketones is 1. The first-order chi connectivity index (χ1) is 8.94. The molecule has 0 radical (unpaired) electrons. The van der Waals surface area contributed by atoms with Gasteiger partial charge in [-0.3, -0.25) is 9.48 Å². The van der Waals surface area contributed by atoms with E-state index in [0.717, 1.165) is 10.9 Å². The second kappa shape index (κ2) is 5.13. The lowest BCUT2D eigenvalue weighted by molar-refractivity contribution is 0.0141. The van der Waals surface area contributed by atoms with E-state index in [2.05, 4.69) is 5.10 Å². The smallest absolute Gasteiger partial charge is 0.183 e. The number of carbonyl (C=O) groups excluding carboxylic acids is 1. The molecule has 0 aliphatic rings. The van der Waals surface area contributed by atoms with Crippen LogP contribution in [0.5, 0.6) is 0 Å². The Kier molecular flexibility index (Phi) is 3.71. The molecule has 4 nitrogen and oxygen atoms in total. The SMILES string of the molecule is COC(C)(C)CCC(=O)c1nn(C)c2ccccc12. The van der Waals surface area contributed by atoms with E-state index < -0.39 is 0 Å². The van der Waals surface area contributed by atoms with Crippen LogP contribution in [-0.2, 0) is 11.8 Å². The number of carbonyl (C=O) groups is 1. The van der Waals surface area contributed by atoms with Crippen molar-refractivity contribution in [2.45, 2.75) is 32.3 Å². The fraction of sp³-hybridized carbons (Fsp3) is 0.467. The van der Waals surface area contributed by atoms with Crippen LogP contribution in [0.3, 0.4) is 0 Å². The van der Waals surface area contributed by atoms with E-state index in [-0.39, 0.29) is 11.4 Å². The Morgan fingerprint density at radius 3 is 2.74 bits per heavy atom. The Hall–Kier alpha value is -1.68. The van der Waals surface area contributed by atoms with Gasteiger partial charge in [0.25, 0.3) is 0 Å². The van der Waals surface area contributed by atoms with Gasteiger partial charge >= 0.3 is 0 Å². The van der Waals surface area contributed by atoms with E-state index in [1.807, 2.05) is 45.2 Å². The summed E-state index contributed by atoms with van der Waals surface area (Å²) < 4.78 is 7.09. The molecule has 1 aromatic carbocycles. The number of Topliss-reactive ketones (excluding diaryl/α,β-unsaturated/α-hetero) is 1. The van der Waals surface area contributed by atoms with Crippen molar-refractivity contribution in [1.82, 2.24) is 9.78 Å². The highest BCUT2D eigenvalue weighted by atomic mass is 16.5. The molecule has 0 aliphatic heterocycles. The minimum atomic E-state index is -0.278. The number of hydrogen-bond donors (Lipinski definition) is 0. The van der Waals surface area contributed by atoms with Crippen molar-refractivity contribution in [1.29, 1.82) is 0 Å². The van der Waals surface area contributed by atoms with Gasteiger partial charge < -0.3 is 4.74 Å². The molecule has 19 heavy (non-hydrogen) atoms. The maximum atomic E-state index is 12.3. The Morgan fingerprint density at radius 2 is 2.05 bits per heavy atom. The molecule has 0 amide bonds. The average Bonchev–Trinajstić information content (AvgIpc) is 2.74. The van der Waals surface area contributed by atoms with Crippen molar-refractivity contribution in [3.8, 4) is 0 Å². The van der Waals surface area contributed by atoms with Gasteiger partial charge in [0.1, 0.15) is 5.69 Å². The van der Waals surface area contributed by atoms with Crippen molar-refractivity contribution in [3.63, 3.8) is 0 Å². The van der Waals surface area contributed by atoms with Crippen LogP contribution in [0.1, 0.15) is 37.2 Å². The zero-order valence-corrected chi connectivity index (χ0v) is 11.9. The van der Waals surface area contributed by atoms with E-state index in [9.17, 15) is 4.79 Å². The number of benzene rings is 1. The van der Waals surface area contributed by atoms with Gasteiger partial charge in [0.2, 0.25) is 0 Å². The predicted octanol–water partition coefficient (Wildman–Crippen LogP) is 2.96. The summed E-state index contributed by atoms with van der Waals surface area (Å²) in [5.41, 5.74) is 1.27. The Balaban J connectivity index is 2.23. The summed E-state index contributed by atoms with van der Waals surface area (Å²) in [7, 11) is 3.53. The number of rotatable bonds is 5. The van der Waals surface area contributed by atoms with Gasteiger partial charge in [0.15, 0.2) is 5.78 Å². The van der Waals surface area contributed by atoms with Gasteiger partial charge in [-0.25, -0.2) is 0 Å². The van der Waals surface area contributed by atoms with Gasteiger partial charge in [0, 0.05) is 26.0 Å². The van der Waals surface area contributed by atoms with E-state index >= 15 is 0 Å². The van der Waals surface area contributed by atoms with Crippen LogP contribution in [-0.4, -0.2) is 28.3 Å². The molecule has 0 unspecified atom stereocenters. The summed E-state index contributed by atoms with van der Waals surface area (Å²) in [6.45, 7) is 3.97. The first-order valence-electron chi connectivity index (χ1n) is 6.45. The molecule has 0 saturated carbocycles. The van der Waals surface area contributed by atoms with E-state index in [1.165, 1.54) is 0 Å². The summed E-state index contributed by atoms with van der Waals surface area (Å²) in [4.78, 5) is 12.3. The number of nitrogens with zero attached hydrogens (tertiary/aromatic N) is 2. The number of hydrogen-bond acceptors (Lipinski definition) is 3. The van der Waals surface area contributed by atoms with Crippen LogP contribution >= 0.6 is 0 Å². The summed E-state index contributed by atoms with van der Waals surface area (Å²) in [6, 6.07) is 7.79. The lowest BCUT2D eigenvalue weighted by atomic mass is 9.99. The van der Waals surface area contributed by atoms with Crippen molar-refractivity contribution in [3.05, 3.63) is 30.0 Å². The molecule has 0 aliphatic carbocycles. The molecule has 1 aromatic heterocycles. The molecule has 2 aromatic rings. The first kappa shape index (κ1) is 13.7. The number of aryl methyl sites for hydroxylation is 1. The maximum Gasteiger partial charge on any atom is 0.183 e. The monoisotopic (exact) mass is 260 g/mol. The largest absolute Gasteiger partial charge is 0.379 e. The Bertz CT molecular complexity index is 599. The van der Waals surface area contributed by atoms with Gasteiger partial charge in [-0.2, -0.15) is 5.10 Å². The van der Waals surface area contributed by atoms with Gasteiger partial charge in [0.05, 0.1) is 11.1 Å². The molecule has 102 valence electrons.